The quantitative estimate of drug-likeness (QED) is 0.279. The summed E-state index contributed by atoms with van der Waals surface area (Å²) in [7, 11) is 1.12. The fourth-order valence-electron chi connectivity index (χ4n) is 2.63. The summed E-state index contributed by atoms with van der Waals surface area (Å²) in [4.78, 5) is 84.2. The molecule has 3 amide bonds. The van der Waals surface area contributed by atoms with E-state index < -0.39 is 60.7 Å². The van der Waals surface area contributed by atoms with Crippen LogP contribution in [0.3, 0.4) is 0 Å². The SMILES string of the molecule is CCCC(=O)CNC(=O)CCC(=O)CN(CC(=O)OC)C(=O)CNC(=O)CCC(=O)OC(C)(C)C. The normalized spacial score (nSPS) is 10.7. The van der Waals surface area contributed by atoms with Crippen LogP contribution in [0.4, 0.5) is 0 Å². The molecule has 0 aliphatic rings. The van der Waals surface area contributed by atoms with Crippen LogP contribution in [0.1, 0.15) is 66.2 Å². The summed E-state index contributed by atoms with van der Waals surface area (Å²) in [5.41, 5.74) is -0.683. The highest BCUT2D eigenvalue weighted by Gasteiger charge is 2.22. The van der Waals surface area contributed by atoms with Gasteiger partial charge in [0.1, 0.15) is 12.1 Å². The third kappa shape index (κ3) is 16.9. The van der Waals surface area contributed by atoms with E-state index in [2.05, 4.69) is 15.4 Å². The minimum absolute atomic E-state index is 0.110. The smallest absolute Gasteiger partial charge is 0.325 e. The van der Waals surface area contributed by atoms with Gasteiger partial charge in [0.25, 0.3) is 0 Å². The van der Waals surface area contributed by atoms with Gasteiger partial charge >= 0.3 is 11.9 Å². The Morgan fingerprint density at radius 3 is 1.83 bits per heavy atom. The first-order valence-corrected chi connectivity index (χ1v) is 11.4. The second kappa shape index (κ2) is 16.3. The van der Waals surface area contributed by atoms with Crippen LogP contribution < -0.4 is 10.6 Å². The average molecular weight is 500 g/mol. The van der Waals surface area contributed by atoms with Crippen LogP contribution in [0.25, 0.3) is 0 Å². The molecule has 0 aromatic carbocycles. The average Bonchev–Trinajstić information content (AvgIpc) is 2.76. The molecule has 0 aliphatic carbocycles. The number of Topliss-reactive ketones (excluding diaryl/α,β-unsaturated/α-hetero) is 2. The topological polar surface area (TPSA) is 165 Å². The number of carbonyl (C=O) groups is 7. The van der Waals surface area contributed by atoms with Gasteiger partial charge < -0.3 is 25.0 Å². The minimum atomic E-state index is -0.769. The lowest BCUT2D eigenvalue weighted by Crippen LogP contribution is -2.45. The molecule has 0 fully saturated rings. The molecular weight excluding hydrogens is 462 g/mol. The van der Waals surface area contributed by atoms with Crippen LogP contribution in [-0.4, -0.2) is 85.0 Å². The van der Waals surface area contributed by atoms with Crippen LogP contribution in [-0.2, 0) is 43.0 Å². The predicted molar refractivity (Wildman–Crippen MR) is 124 cm³/mol. The first-order chi connectivity index (χ1) is 16.3. The molecule has 198 valence electrons. The van der Waals surface area contributed by atoms with Crippen molar-refractivity contribution in [3.8, 4) is 0 Å². The minimum Gasteiger partial charge on any atom is -0.468 e. The number of ketones is 2. The van der Waals surface area contributed by atoms with Crippen molar-refractivity contribution < 1.29 is 43.0 Å². The zero-order valence-electron chi connectivity index (χ0n) is 21.2. The Hall–Kier alpha value is -3.31. The number of hydrogen-bond donors (Lipinski definition) is 2. The summed E-state index contributed by atoms with van der Waals surface area (Å²) in [6, 6.07) is 0. The highest BCUT2D eigenvalue weighted by Crippen LogP contribution is 2.09. The Balaban J connectivity index is 4.66. The van der Waals surface area contributed by atoms with Gasteiger partial charge in [-0.05, 0) is 27.2 Å². The summed E-state index contributed by atoms with van der Waals surface area (Å²) in [5, 5.41) is 4.77. The van der Waals surface area contributed by atoms with Crippen molar-refractivity contribution in [3.63, 3.8) is 0 Å². The zero-order chi connectivity index (χ0) is 27.0. The van der Waals surface area contributed by atoms with Gasteiger partial charge in [0.15, 0.2) is 11.6 Å². The lowest BCUT2D eigenvalue weighted by atomic mass is 10.2. The van der Waals surface area contributed by atoms with Gasteiger partial charge in [-0.15, -0.1) is 0 Å². The van der Waals surface area contributed by atoms with Crippen molar-refractivity contribution in [2.24, 2.45) is 0 Å². The van der Waals surface area contributed by atoms with E-state index in [1.165, 1.54) is 0 Å². The molecule has 2 N–H and O–H groups in total. The van der Waals surface area contributed by atoms with Crippen LogP contribution in [0.2, 0.25) is 0 Å². The van der Waals surface area contributed by atoms with Crippen molar-refractivity contribution >= 4 is 41.2 Å². The van der Waals surface area contributed by atoms with Crippen molar-refractivity contribution in [3.05, 3.63) is 0 Å². The van der Waals surface area contributed by atoms with E-state index >= 15 is 0 Å². The molecule has 12 heteroatoms. The number of amides is 3. The number of nitrogens with one attached hydrogen (secondary N) is 2. The molecule has 0 saturated heterocycles. The molecule has 0 spiro atoms. The molecule has 35 heavy (non-hydrogen) atoms. The van der Waals surface area contributed by atoms with Crippen LogP contribution >= 0.6 is 0 Å². The second-order valence-corrected chi connectivity index (χ2v) is 8.79. The molecule has 0 atom stereocenters. The fourth-order valence-corrected chi connectivity index (χ4v) is 2.63. The summed E-state index contributed by atoms with van der Waals surface area (Å²) < 4.78 is 9.64. The Kier molecular flexibility index (Phi) is 14.8. The van der Waals surface area contributed by atoms with Crippen LogP contribution in [0.5, 0.6) is 0 Å². The van der Waals surface area contributed by atoms with Crippen molar-refractivity contribution in [2.45, 2.75) is 71.8 Å². The number of methoxy groups -OCH3 is 1. The van der Waals surface area contributed by atoms with E-state index in [4.69, 9.17) is 4.74 Å². The van der Waals surface area contributed by atoms with Crippen molar-refractivity contribution in [1.82, 2.24) is 15.5 Å². The molecule has 0 saturated carbocycles. The number of ether oxygens (including phenoxy) is 2. The molecule has 0 aromatic heterocycles. The molecule has 0 radical (unpaired) electrons. The van der Waals surface area contributed by atoms with Crippen molar-refractivity contribution in [1.29, 1.82) is 0 Å². The number of rotatable bonds is 16. The van der Waals surface area contributed by atoms with Gasteiger partial charge in [0, 0.05) is 25.7 Å². The molecule has 12 nitrogen and oxygen atoms in total. The lowest BCUT2D eigenvalue weighted by molar-refractivity contribution is -0.155. The van der Waals surface area contributed by atoms with Crippen LogP contribution in [0, 0.1) is 0 Å². The first kappa shape index (κ1) is 31.7. The highest BCUT2D eigenvalue weighted by atomic mass is 16.6. The Morgan fingerprint density at radius 2 is 1.29 bits per heavy atom. The van der Waals surface area contributed by atoms with E-state index in [0.717, 1.165) is 12.0 Å². The maximum atomic E-state index is 12.5. The fraction of sp³-hybridized carbons (Fsp3) is 0.696. The van der Waals surface area contributed by atoms with Crippen molar-refractivity contribution in [2.75, 3.05) is 33.3 Å². The summed E-state index contributed by atoms with van der Waals surface area (Å²) in [5.74, 6) is -3.72. The van der Waals surface area contributed by atoms with Gasteiger partial charge in [0.05, 0.1) is 33.2 Å². The summed E-state index contributed by atoms with van der Waals surface area (Å²) in [6.45, 7) is 5.33. The van der Waals surface area contributed by atoms with E-state index in [0.29, 0.717) is 12.8 Å². The molecule has 0 rings (SSSR count). The number of esters is 2. The van der Waals surface area contributed by atoms with E-state index in [-0.39, 0.29) is 38.0 Å². The molecule has 0 bridgehead atoms. The maximum Gasteiger partial charge on any atom is 0.325 e. The van der Waals surface area contributed by atoms with Gasteiger partial charge in [-0.25, -0.2) is 0 Å². The highest BCUT2D eigenvalue weighted by molar-refractivity contribution is 5.93. The molecule has 0 heterocycles. The molecular formula is C23H37N3O9. The predicted octanol–water partition coefficient (Wildman–Crippen LogP) is 0.0608. The molecule has 0 aliphatic heterocycles. The molecule has 0 aromatic rings. The van der Waals surface area contributed by atoms with Gasteiger partial charge in [-0.2, -0.15) is 0 Å². The zero-order valence-corrected chi connectivity index (χ0v) is 21.2. The second-order valence-electron chi connectivity index (χ2n) is 8.79. The van der Waals surface area contributed by atoms with E-state index in [9.17, 15) is 33.6 Å². The van der Waals surface area contributed by atoms with Crippen LogP contribution in [0.15, 0.2) is 0 Å². The largest absolute Gasteiger partial charge is 0.468 e. The Morgan fingerprint density at radius 1 is 0.714 bits per heavy atom. The van der Waals surface area contributed by atoms with E-state index in [1.807, 2.05) is 6.92 Å². The Bertz CT molecular complexity index is 788. The molecule has 0 unspecified atom stereocenters. The lowest BCUT2D eigenvalue weighted by Gasteiger charge is -2.21. The summed E-state index contributed by atoms with van der Waals surface area (Å²) in [6.07, 6.45) is 0.255. The first-order valence-electron chi connectivity index (χ1n) is 11.4. The monoisotopic (exact) mass is 499 g/mol. The van der Waals surface area contributed by atoms with Gasteiger partial charge in [-0.3, -0.25) is 33.6 Å². The number of hydrogen-bond acceptors (Lipinski definition) is 9. The standard InChI is InChI=1S/C23H37N3O9/c1-6-7-16(27)12-24-18(29)9-8-17(28)14-26(15-22(33)34-5)20(31)13-25-19(30)10-11-21(32)35-23(2,3)4/h6-15H2,1-5H3,(H,24,29)(H,25,30). The number of nitrogens with zero attached hydrogens (tertiary/aromatic N) is 1. The van der Waals surface area contributed by atoms with Gasteiger partial charge in [-0.1, -0.05) is 6.92 Å². The third-order valence-corrected chi connectivity index (χ3v) is 4.32. The number of carbonyl (C=O) groups excluding carboxylic acids is 7. The maximum absolute atomic E-state index is 12.5. The van der Waals surface area contributed by atoms with Gasteiger partial charge in [0.2, 0.25) is 17.7 Å². The summed E-state index contributed by atoms with van der Waals surface area (Å²) >= 11 is 0. The third-order valence-electron chi connectivity index (χ3n) is 4.32. The van der Waals surface area contributed by atoms with E-state index in [1.54, 1.807) is 20.8 Å². The Labute approximate surface area is 205 Å².